The minimum absolute atomic E-state index is 0.0697. The van der Waals surface area contributed by atoms with Gasteiger partial charge in [-0.05, 0) is 26.7 Å². The van der Waals surface area contributed by atoms with Crippen LogP contribution in [0.15, 0.2) is 18.3 Å². The van der Waals surface area contributed by atoms with Crippen LogP contribution in [0, 0.1) is 0 Å². The van der Waals surface area contributed by atoms with Crippen LogP contribution < -0.4 is 9.80 Å². The Morgan fingerprint density at radius 2 is 2.00 bits per heavy atom. The Morgan fingerprint density at radius 1 is 1.20 bits per heavy atom. The molecule has 0 saturated carbocycles. The average Bonchev–Trinajstić information content (AvgIpc) is 3.19. The van der Waals surface area contributed by atoms with Gasteiger partial charge in [0.05, 0.1) is 37.2 Å². The molecule has 7 heteroatoms. The molecule has 2 aromatic rings. The molecule has 2 unspecified atom stereocenters. The lowest BCUT2D eigenvalue weighted by Gasteiger charge is -2.43. The third kappa shape index (κ3) is 2.57. The van der Waals surface area contributed by atoms with Gasteiger partial charge in [0.25, 0.3) is 0 Å². The van der Waals surface area contributed by atoms with Gasteiger partial charge in [0, 0.05) is 31.8 Å². The van der Waals surface area contributed by atoms with Gasteiger partial charge in [-0.1, -0.05) is 0 Å². The molecule has 134 valence electrons. The lowest BCUT2D eigenvalue weighted by molar-refractivity contribution is 0.0302. The quantitative estimate of drug-likeness (QED) is 0.827. The highest BCUT2D eigenvalue weighted by Crippen LogP contribution is 2.33. The molecular weight excluding hydrogens is 318 g/mol. The number of rotatable bonds is 2. The summed E-state index contributed by atoms with van der Waals surface area (Å²) in [7, 11) is 0. The predicted octanol–water partition coefficient (Wildman–Crippen LogP) is 1.71. The summed E-state index contributed by atoms with van der Waals surface area (Å²) in [5, 5.41) is 4.52. The maximum Gasteiger partial charge on any atom is 0.159 e. The molecule has 0 aliphatic carbocycles. The van der Waals surface area contributed by atoms with E-state index in [9.17, 15) is 0 Å². The molecule has 3 fully saturated rings. The number of fused-ring (bicyclic) bond motifs is 3. The molecule has 3 aliphatic rings. The molecule has 3 saturated heterocycles. The molecule has 2 atom stereocenters. The van der Waals surface area contributed by atoms with E-state index < -0.39 is 0 Å². The van der Waals surface area contributed by atoms with E-state index in [2.05, 4.69) is 34.8 Å². The second-order valence-corrected chi connectivity index (χ2v) is 7.95. The standard InChI is InChI=1S/C18H25N5O2/c1-18(2)12-24-8-7-22(18)17-9-16(20-15-5-6-19-23(15)17)21-10-13-3-4-14(11-21)25-13/h5-6,9,13-14H,3-4,7-8,10-12H2,1-2H3. The van der Waals surface area contributed by atoms with Gasteiger partial charge in [0.15, 0.2) is 5.65 Å². The molecule has 25 heavy (non-hydrogen) atoms. The van der Waals surface area contributed by atoms with Crippen molar-refractivity contribution in [2.75, 3.05) is 42.6 Å². The van der Waals surface area contributed by atoms with E-state index in [1.165, 1.54) is 12.8 Å². The van der Waals surface area contributed by atoms with Gasteiger partial charge in [-0.3, -0.25) is 0 Å². The van der Waals surface area contributed by atoms with Gasteiger partial charge in [-0.15, -0.1) is 0 Å². The van der Waals surface area contributed by atoms with Gasteiger partial charge in [0.2, 0.25) is 0 Å². The first-order valence-electron chi connectivity index (χ1n) is 9.21. The van der Waals surface area contributed by atoms with Crippen molar-refractivity contribution in [3.8, 4) is 0 Å². The first kappa shape index (κ1) is 15.4. The maximum atomic E-state index is 5.99. The normalized spacial score (nSPS) is 28.7. The van der Waals surface area contributed by atoms with Crippen LogP contribution in [0.25, 0.3) is 5.65 Å². The number of hydrogen-bond donors (Lipinski definition) is 0. The van der Waals surface area contributed by atoms with E-state index in [1.54, 1.807) is 0 Å². The minimum atomic E-state index is -0.0697. The summed E-state index contributed by atoms with van der Waals surface area (Å²) in [5.41, 5.74) is 0.827. The fourth-order valence-electron chi connectivity index (χ4n) is 4.32. The Kier molecular flexibility index (Phi) is 3.43. The fourth-order valence-corrected chi connectivity index (χ4v) is 4.32. The van der Waals surface area contributed by atoms with Crippen molar-refractivity contribution in [1.29, 1.82) is 0 Å². The van der Waals surface area contributed by atoms with Gasteiger partial charge < -0.3 is 19.3 Å². The van der Waals surface area contributed by atoms with E-state index in [-0.39, 0.29) is 5.54 Å². The van der Waals surface area contributed by atoms with Crippen LogP contribution in [0.3, 0.4) is 0 Å². The Labute approximate surface area is 147 Å². The van der Waals surface area contributed by atoms with Gasteiger partial charge in [-0.25, -0.2) is 4.98 Å². The number of anilines is 2. The molecule has 0 N–H and O–H groups in total. The summed E-state index contributed by atoms with van der Waals surface area (Å²) >= 11 is 0. The molecule has 7 nitrogen and oxygen atoms in total. The van der Waals surface area contributed by atoms with Crippen LogP contribution in [0.5, 0.6) is 0 Å². The van der Waals surface area contributed by atoms with Crippen LogP contribution in [0.1, 0.15) is 26.7 Å². The summed E-state index contributed by atoms with van der Waals surface area (Å²) < 4.78 is 13.6. The van der Waals surface area contributed by atoms with Crippen molar-refractivity contribution in [3.05, 3.63) is 18.3 Å². The molecule has 0 radical (unpaired) electrons. The van der Waals surface area contributed by atoms with Gasteiger partial charge >= 0.3 is 0 Å². The van der Waals surface area contributed by atoms with Crippen LogP contribution in [0.2, 0.25) is 0 Å². The highest BCUT2D eigenvalue weighted by molar-refractivity contribution is 5.60. The Morgan fingerprint density at radius 3 is 2.76 bits per heavy atom. The van der Waals surface area contributed by atoms with Crippen LogP contribution >= 0.6 is 0 Å². The summed E-state index contributed by atoms with van der Waals surface area (Å²) in [6, 6.07) is 4.17. The molecule has 2 bridgehead atoms. The lowest BCUT2D eigenvalue weighted by Crippen LogP contribution is -2.54. The fraction of sp³-hybridized carbons (Fsp3) is 0.667. The molecule has 5 heterocycles. The first-order valence-corrected chi connectivity index (χ1v) is 9.21. The molecule has 5 rings (SSSR count). The number of nitrogens with zero attached hydrogens (tertiary/aromatic N) is 5. The summed E-state index contributed by atoms with van der Waals surface area (Å²) in [6.07, 6.45) is 4.86. The Hall–Kier alpha value is -1.86. The van der Waals surface area contributed by atoms with E-state index in [0.29, 0.717) is 12.2 Å². The maximum absolute atomic E-state index is 5.99. The zero-order chi connectivity index (χ0) is 17.0. The van der Waals surface area contributed by atoms with Crippen LogP contribution in [-0.2, 0) is 9.47 Å². The second-order valence-electron chi connectivity index (χ2n) is 7.95. The zero-order valence-corrected chi connectivity index (χ0v) is 14.9. The third-order valence-electron chi connectivity index (χ3n) is 5.62. The summed E-state index contributed by atoms with van der Waals surface area (Å²) in [5.74, 6) is 2.13. The van der Waals surface area contributed by atoms with Crippen molar-refractivity contribution in [3.63, 3.8) is 0 Å². The Balaban J connectivity index is 1.57. The highest BCUT2D eigenvalue weighted by atomic mass is 16.5. The summed E-state index contributed by atoms with van der Waals surface area (Å²) in [4.78, 5) is 9.66. The van der Waals surface area contributed by atoms with Crippen LogP contribution in [-0.4, -0.2) is 65.2 Å². The average molecular weight is 343 g/mol. The highest BCUT2D eigenvalue weighted by Gasteiger charge is 2.36. The van der Waals surface area contributed by atoms with Crippen molar-refractivity contribution in [1.82, 2.24) is 14.6 Å². The number of ether oxygens (including phenoxy) is 2. The zero-order valence-electron chi connectivity index (χ0n) is 14.9. The van der Waals surface area contributed by atoms with Crippen LogP contribution in [0.4, 0.5) is 11.6 Å². The Bertz CT molecular complexity index is 777. The molecule has 0 aromatic carbocycles. The van der Waals surface area contributed by atoms with Crippen molar-refractivity contribution < 1.29 is 9.47 Å². The first-order chi connectivity index (χ1) is 12.1. The van der Waals surface area contributed by atoms with E-state index in [1.807, 2.05) is 16.8 Å². The minimum Gasteiger partial charge on any atom is -0.377 e. The second kappa shape index (κ2) is 5.57. The largest absolute Gasteiger partial charge is 0.377 e. The monoisotopic (exact) mass is 343 g/mol. The van der Waals surface area contributed by atoms with Crippen molar-refractivity contribution in [2.24, 2.45) is 0 Å². The molecule has 0 amide bonds. The van der Waals surface area contributed by atoms with Gasteiger partial charge in [0.1, 0.15) is 11.6 Å². The number of aromatic nitrogens is 3. The number of hydrogen-bond acceptors (Lipinski definition) is 6. The van der Waals surface area contributed by atoms with Crippen molar-refractivity contribution >= 4 is 17.3 Å². The molecule has 3 aliphatic heterocycles. The van der Waals surface area contributed by atoms with E-state index >= 15 is 0 Å². The third-order valence-corrected chi connectivity index (χ3v) is 5.62. The number of morpholine rings is 2. The summed E-state index contributed by atoms with van der Waals surface area (Å²) in [6.45, 7) is 8.62. The van der Waals surface area contributed by atoms with E-state index in [0.717, 1.165) is 50.1 Å². The molecular formula is C18H25N5O2. The molecule has 2 aromatic heterocycles. The lowest BCUT2D eigenvalue weighted by atomic mass is 10.0. The molecule has 0 spiro atoms. The topological polar surface area (TPSA) is 55.1 Å². The van der Waals surface area contributed by atoms with Gasteiger partial charge in [-0.2, -0.15) is 9.61 Å². The smallest absolute Gasteiger partial charge is 0.159 e. The van der Waals surface area contributed by atoms with Crippen molar-refractivity contribution in [2.45, 2.75) is 44.4 Å². The van der Waals surface area contributed by atoms with E-state index in [4.69, 9.17) is 14.5 Å². The SMILES string of the molecule is CC1(C)COCCN1c1cc(N2CC3CCC(C2)O3)nc2ccnn12. The predicted molar refractivity (Wildman–Crippen MR) is 95.3 cm³/mol.